The Labute approximate surface area is 341 Å². The largest absolute Gasteiger partial charge is 0.456 e. The van der Waals surface area contributed by atoms with Crippen molar-refractivity contribution >= 4 is 91.3 Å². The molecule has 0 amide bonds. The van der Waals surface area contributed by atoms with E-state index >= 15 is 0 Å². The first kappa shape index (κ1) is 34.3. The molecular formula is C56H38OS. The van der Waals surface area contributed by atoms with E-state index in [2.05, 4.69) is 200 Å². The summed E-state index contributed by atoms with van der Waals surface area (Å²) in [6, 6.07) is 59.9. The van der Waals surface area contributed by atoms with Crippen molar-refractivity contribution in [3.05, 3.63) is 212 Å². The Balaban J connectivity index is 1.09. The quantitative estimate of drug-likeness (QED) is 0.164. The summed E-state index contributed by atoms with van der Waals surface area (Å²) in [6.45, 7) is 0. The van der Waals surface area contributed by atoms with Gasteiger partial charge in [0.25, 0.3) is 0 Å². The van der Waals surface area contributed by atoms with Gasteiger partial charge in [-0.1, -0.05) is 170 Å². The Hall–Kier alpha value is -7.00. The zero-order valence-electron chi connectivity index (χ0n) is 31.9. The van der Waals surface area contributed by atoms with E-state index in [4.69, 9.17) is 4.42 Å². The topological polar surface area (TPSA) is 13.1 Å². The van der Waals surface area contributed by atoms with Crippen LogP contribution in [-0.2, 0) is 0 Å². The summed E-state index contributed by atoms with van der Waals surface area (Å²) >= 11 is 1.86. The maximum absolute atomic E-state index is 6.28. The van der Waals surface area contributed by atoms with E-state index in [1.54, 1.807) is 0 Å². The second-order valence-corrected chi connectivity index (χ2v) is 16.1. The normalized spacial score (nSPS) is 15.8. The summed E-state index contributed by atoms with van der Waals surface area (Å²) in [5, 5.41) is 12.4. The van der Waals surface area contributed by atoms with E-state index in [1.165, 1.54) is 85.7 Å². The van der Waals surface area contributed by atoms with Gasteiger partial charge in [-0.05, 0) is 115 Å². The van der Waals surface area contributed by atoms with Crippen molar-refractivity contribution in [2.75, 3.05) is 0 Å². The van der Waals surface area contributed by atoms with E-state index in [1.807, 2.05) is 17.4 Å². The van der Waals surface area contributed by atoms with Crippen molar-refractivity contribution < 1.29 is 4.42 Å². The van der Waals surface area contributed by atoms with Crippen LogP contribution < -0.4 is 0 Å². The average Bonchev–Trinajstić information content (AvgIpc) is 3.83. The fourth-order valence-electron chi connectivity index (χ4n) is 8.90. The van der Waals surface area contributed by atoms with Crippen LogP contribution in [0, 0.1) is 0 Å². The van der Waals surface area contributed by atoms with Crippen LogP contribution in [0.25, 0.3) is 102 Å². The lowest BCUT2D eigenvalue weighted by Crippen LogP contribution is -1.93. The zero-order valence-corrected chi connectivity index (χ0v) is 32.7. The molecule has 0 fully saturated rings. The number of fused-ring (bicyclic) bond motifs is 10. The molecule has 274 valence electrons. The maximum Gasteiger partial charge on any atom is 0.136 e. The van der Waals surface area contributed by atoms with E-state index in [0.29, 0.717) is 0 Å². The number of para-hydroxylation sites is 1. The molecule has 2 aromatic heterocycles. The Morgan fingerprint density at radius 1 is 0.397 bits per heavy atom. The Morgan fingerprint density at radius 2 is 1.03 bits per heavy atom. The summed E-state index contributed by atoms with van der Waals surface area (Å²) in [6.07, 6.45) is 17.3. The molecule has 2 heterocycles. The molecule has 0 spiro atoms. The summed E-state index contributed by atoms with van der Waals surface area (Å²) < 4.78 is 8.87. The van der Waals surface area contributed by atoms with Crippen molar-refractivity contribution in [2.24, 2.45) is 0 Å². The number of hydrogen-bond acceptors (Lipinski definition) is 2. The molecule has 0 N–H and O–H groups in total. The third kappa shape index (κ3) is 5.93. The third-order valence-corrected chi connectivity index (χ3v) is 12.7. The number of hydrogen-bond donors (Lipinski definition) is 0. The van der Waals surface area contributed by atoms with Gasteiger partial charge in [0.1, 0.15) is 11.2 Å². The molecule has 0 radical (unpaired) electrons. The van der Waals surface area contributed by atoms with Crippen molar-refractivity contribution in [1.82, 2.24) is 0 Å². The van der Waals surface area contributed by atoms with Gasteiger partial charge in [0.05, 0.1) is 0 Å². The minimum absolute atomic E-state index is 0.860. The van der Waals surface area contributed by atoms with Gasteiger partial charge in [-0.15, -0.1) is 11.3 Å². The standard InChI is InChI=1S/C56H38OS/c1-2-4-9-19-38(20-10-5-3-1)54-42-22-12-14-24-44(42)55(45-25-15-13-23-43(45)54)39-21-11-7-6-8-18-37(28-29-39)40-31-33-52-48(34-40)49-36-47-41(35-53(49)58-52)30-32-51-56(47)46-26-16-17-27-50(46)57-51/h1-2,4-18,20-36H,3,19H2/b2-1-,7-6?,8-6?,9-4-,10-5-,11-7?,18-8?,21-11?,29-28?,37-18?,37-28?,38-20+,39-21?,39-29?. The summed E-state index contributed by atoms with van der Waals surface area (Å²) in [5.41, 5.74) is 9.25. The number of rotatable bonds is 3. The molecule has 8 aromatic carbocycles. The number of furan rings is 1. The molecule has 0 aliphatic heterocycles. The van der Waals surface area contributed by atoms with Crippen LogP contribution in [0.3, 0.4) is 0 Å². The molecule has 1 aliphatic carbocycles. The van der Waals surface area contributed by atoms with Crippen LogP contribution >= 0.6 is 11.3 Å². The lowest BCUT2D eigenvalue weighted by atomic mass is 9.85. The van der Waals surface area contributed by atoms with Gasteiger partial charge in [-0.2, -0.15) is 0 Å². The highest BCUT2D eigenvalue weighted by molar-refractivity contribution is 7.25. The van der Waals surface area contributed by atoms with Crippen LogP contribution in [-0.4, -0.2) is 0 Å². The van der Waals surface area contributed by atoms with E-state index < -0.39 is 0 Å². The van der Waals surface area contributed by atoms with Gasteiger partial charge in [-0.3, -0.25) is 0 Å². The molecule has 0 bridgehead atoms. The Kier molecular flexibility index (Phi) is 8.56. The minimum atomic E-state index is 0.860. The van der Waals surface area contributed by atoms with Crippen molar-refractivity contribution in [1.29, 1.82) is 0 Å². The Morgan fingerprint density at radius 3 is 1.84 bits per heavy atom. The second-order valence-electron chi connectivity index (χ2n) is 15.0. The number of allylic oxidation sites excluding steroid dienone is 8. The molecule has 58 heavy (non-hydrogen) atoms. The third-order valence-electron chi connectivity index (χ3n) is 11.6. The molecule has 0 atom stereocenters. The average molecular weight is 759 g/mol. The van der Waals surface area contributed by atoms with Gasteiger partial charge < -0.3 is 4.42 Å². The molecule has 2 heteroatoms. The molecule has 11 rings (SSSR count). The molecular weight excluding hydrogens is 721 g/mol. The van der Waals surface area contributed by atoms with Crippen LogP contribution in [0.5, 0.6) is 0 Å². The number of benzene rings is 7. The van der Waals surface area contributed by atoms with Crippen LogP contribution in [0.1, 0.15) is 18.4 Å². The highest BCUT2D eigenvalue weighted by atomic mass is 32.1. The first-order valence-corrected chi connectivity index (χ1v) is 20.9. The van der Waals surface area contributed by atoms with E-state index in [-0.39, 0.29) is 0 Å². The summed E-state index contributed by atoms with van der Waals surface area (Å²) in [7, 11) is 0. The molecule has 10 aromatic rings. The van der Waals surface area contributed by atoms with Gasteiger partial charge in [0.2, 0.25) is 0 Å². The predicted molar refractivity (Wildman–Crippen MR) is 252 cm³/mol. The Bertz CT molecular complexity index is 3400. The molecule has 0 unspecified atom stereocenters. The minimum Gasteiger partial charge on any atom is -0.456 e. The summed E-state index contributed by atoms with van der Waals surface area (Å²) in [4.78, 5) is 0. The van der Waals surface area contributed by atoms with Gasteiger partial charge in [-0.25, -0.2) is 0 Å². The van der Waals surface area contributed by atoms with E-state index in [9.17, 15) is 0 Å². The van der Waals surface area contributed by atoms with Gasteiger partial charge in [0, 0.05) is 30.9 Å². The molecule has 1 nitrogen and oxygen atoms in total. The lowest BCUT2D eigenvalue weighted by Gasteiger charge is -2.18. The number of thiophene rings is 1. The van der Waals surface area contributed by atoms with Crippen LogP contribution in [0.2, 0.25) is 0 Å². The molecule has 1 aliphatic rings. The smallest absolute Gasteiger partial charge is 0.136 e. The fraction of sp³-hybridized carbons (Fsp3) is 0.0357. The predicted octanol–water partition coefficient (Wildman–Crippen LogP) is 16.7. The van der Waals surface area contributed by atoms with Crippen molar-refractivity contribution in [3.63, 3.8) is 0 Å². The van der Waals surface area contributed by atoms with E-state index in [0.717, 1.165) is 35.0 Å². The monoisotopic (exact) mass is 758 g/mol. The van der Waals surface area contributed by atoms with Crippen molar-refractivity contribution in [3.8, 4) is 22.3 Å². The van der Waals surface area contributed by atoms with Crippen LogP contribution in [0.4, 0.5) is 0 Å². The zero-order chi connectivity index (χ0) is 38.4. The van der Waals surface area contributed by atoms with Gasteiger partial charge in [0.15, 0.2) is 0 Å². The first-order valence-electron chi connectivity index (χ1n) is 20.0. The molecule has 0 saturated carbocycles. The maximum atomic E-state index is 6.28. The van der Waals surface area contributed by atoms with Crippen LogP contribution in [0.15, 0.2) is 211 Å². The lowest BCUT2D eigenvalue weighted by molar-refractivity contribution is 0.669. The van der Waals surface area contributed by atoms with Crippen molar-refractivity contribution in [2.45, 2.75) is 12.8 Å². The first-order chi connectivity index (χ1) is 28.8. The summed E-state index contributed by atoms with van der Waals surface area (Å²) in [5.74, 6) is 0. The fourth-order valence-corrected chi connectivity index (χ4v) is 10.0. The molecule has 0 saturated heterocycles. The SMILES string of the molecule is C1=C\C/C=C\C=C(\c2c3ccccc3c(-c3ccccccc(-c4ccc5sc6cc7ccc8oc9ccccc9c8c7cc6c5c4)cc3)c3ccccc23)C\C=C/1. The highest BCUT2D eigenvalue weighted by Gasteiger charge is 2.18. The van der Waals surface area contributed by atoms with Gasteiger partial charge >= 0.3 is 0 Å². The highest BCUT2D eigenvalue weighted by Crippen LogP contribution is 2.44. The second kappa shape index (κ2) is 14.5.